The summed E-state index contributed by atoms with van der Waals surface area (Å²) in [5.74, 6) is 0.138. The summed E-state index contributed by atoms with van der Waals surface area (Å²) in [6, 6.07) is 6.59. The number of carbonyl (C=O) groups excluding carboxylic acids is 1. The van der Waals surface area contributed by atoms with Crippen molar-refractivity contribution < 1.29 is 18.0 Å². The monoisotopic (exact) mass is 436 g/mol. The van der Waals surface area contributed by atoms with Gasteiger partial charge in [-0.15, -0.1) is 11.3 Å². The van der Waals surface area contributed by atoms with Gasteiger partial charge in [0.15, 0.2) is 0 Å². The second-order valence-electron chi connectivity index (χ2n) is 6.95. The zero-order valence-corrected chi connectivity index (χ0v) is 17.2. The fourth-order valence-corrected chi connectivity index (χ4v) is 4.05. The van der Waals surface area contributed by atoms with Gasteiger partial charge >= 0.3 is 6.18 Å². The maximum Gasteiger partial charge on any atom is 0.433 e. The lowest BCUT2D eigenvalue weighted by Crippen LogP contribution is -2.49. The van der Waals surface area contributed by atoms with Gasteiger partial charge in [-0.2, -0.15) is 18.3 Å². The van der Waals surface area contributed by atoms with E-state index in [1.54, 1.807) is 38.9 Å². The van der Waals surface area contributed by atoms with E-state index in [9.17, 15) is 18.0 Å². The van der Waals surface area contributed by atoms with E-state index in [0.29, 0.717) is 31.9 Å². The molecule has 1 aliphatic rings. The van der Waals surface area contributed by atoms with Crippen LogP contribution < -0.4 is 4.90 Å². The van der Waals surface area contributed by atoms with E-state index in [1.165, 1.54) is 6.92 Å². The summed E-state index contributed by atoms with van der Waals surface area (Å²) in [5.41, 5.74) is 0.259. The summed E-state index contributed by atoms with van der Waals surface area (Å²) in [6.07, 6.45) is -4.53. The van der Waals surface area contributed by atoms with Crippen LogP contribution in [0.25, 0.3) is 10.6 Å². The van der Waals surface area contributed by atoms with Gasteiger partial charge in [0.05, 0.1) is 4.88 Å². The van der Waals surface area contributed by atoms with Crippen molar-refractivity contribution in [3.63, 3.8) is 0 Å². The van der Waals surface area contributed by atoms with Gasteiger partial charge in [-0.1, -0.05) is 6.07 Å². The third-order valence-corrected chi connectivity index (χ3v) is 5.77. The number of carbonyl (C=O) groups is 1. The quantitative estimate of drug-likeness (QED) is 0.631. The Morgan fingerprint density at radius 3 is 2.50 bits per heavy atom. The maximum atomic E-state index is 13.0. The summed E-state index contributed by atoms with van der Waals surface area (Å²) < 4.78 is 40.7. The summed E-state index contributed by atoms with van der Waals surface area (Å²) in [7, 11) is 1.73. The minimum absolute atomic E-state index is 0.0642. The normalized spacial score (nSPS) is 15.0. The van der Waals surface area contributed by atoms with Crippen LogP contribution >= 0.6 is 11.3 Å². The smallest absolute Gasteiger partial charge is 0.353 e. The molecule has 0 N–H and O–H groups in total. The van der Waals surface area contributed by atoms with E-state index in [2.05, 4.69) is 15.1 Å². The van der Waals surface area contributed by atoms with Crippen molar-refractivity contribution in [2.75, 3.05) is 31.1 Å². The van der Waals surface area contributed by atoms with E-state index in [1.807, 2.05) is 17.5 Å². The highest BCUT2D eigenvalue weighted by molar-refractivity contribution is 7.13. The second-order valence-corrected chi connectivity index (χ2v) is 7.90. The molecule has 1 fully saturated rings. The fraction of sp³-hybridized carbons (Fsp3) is 0.368. The zero-order valence-electron chi connectivity index (χ0n) is 16.3. The molecule has 1 aliphatic heterocycles. The van der Waals surface area contributed by atoms with Crippen LogP contribution in [0.1, 0.15) is 22.0 Å². The van der Waals surface area contributed by atoms with Crippen molar-refractivity contribution in [3.05, 3.63) is 46.9 Å². The molecule has 0 aromatic carbocycles. The highest BCUT2D eigenvalue weighted by Crippen LogP contribution is 2.30. The van der Waals surface area contributed by atoms with Gasteiger partial charge in [-0.25, -0.2) is 9.97 Å². The predicted octanol–water partition coefficient (Wildman–Crippen LogP) is 3.23. The van der Waals surface area contributed by atoms with Gasteiger partial charge in [-0.3, -0.25) is 9.48 Å². The molecule has 0 saturated carbocycles. The van der Waals surface area contributed by atoms with Crippen LogP contribution in [0.2, 0.25) is 0 Å². The fourth-order valence-electron chi connectivity index (χ4n) is 3.37. The van der Waals surface area contributed by atoms with E-state index in [-0.39, 0.29) is 17.5 Å². The summed E-state index contributed by atoms with van der Waals surface area (Å²) >= 11 is 1.55. The molecule has 30 heavy (non-hydrogen) atoms. The van der Waals surface area contributed by atoms with E-state index in [4.69, 9.17) is 0 Å². The number of piperazine rings is 1. The van der Waals surface area contributed by atoms with E-state index < -0.39 is 11.9 Å². The highest BCUT2D eigenvalue weighted by Gasteiger charge is 2.34. The van der Waals surface area contributed by atoms with Crippen molar-refractivity contribution in [1.29, 1.82) is 0 Å². The molecule has 1 saturated heterocycles. The summed E-state index contributed by atoms with van der Waals surface area (Å²) in [5, 5.41) is 6.37. The van der Waals surface area contributed by atoms with Crippen LogP contribution in [0.5, 0.6) is 0 Å². The van der Waals surface area contributed by atoms with Crippen LogP contribution in [-0.2, 0) is 13.2 Å². The third-order valence-electron chi connectivity index (χ3n) is 4.88. The highest BCUT2D eigenvalue weighted by atomic mass is 32.1. The number of alkyl halides is 3. The van der Waals surface area contributed by atoms with Crippen molar-refractivity contribution in [3.8, 4) is 10.6 Å². The molecule has 1 amide bonds. The molecule has 11 heteroatoms. The number of hydrogen-bond acceptors (Lipinski definition) is 6. The first-order chi connectivity index (χ1) is 14.2. The van der Waals surface area contributed by atoms with Gasteiger partial charge in [0.25, 0.3) is 5.91 Å². The van der Waals surface area contributed by atoms with Gasteiger partial charge in [-0.05, 0) is 24.4 Å². The molecule has 3 aromatic rings. The van der Waals surface area contributed by atoms with Crippen molar-refractivity contribution >= 4 is 23.1 Å². The number of thiophene rings is 1. The largest absolute Gasteiger partial charge is 0.433 e. The number of rotatable bonds is 3. The van der Waals surface area contributed by atoms with Gasteiger partial charge in [0.1, 0.15) is 28.7 Å². The Bertz CT molecular complexity index is 1050. The second kappa shape index (κ2) is 7.71. The molecule has 158 valence electrons. The van der Waals surface area contributed by atoms with E-state index in [0.717, 1.165) is 16.6 Å². The molecule has 0 bridgehead atoms. The molecule has 0 unspecified atom stereocenters. The standard InChI is InChI=1S/C19H19F3N6OS/c1-12-23-16(19(20,21)22)11-17(24-12)27-5-7-28(8-6-27)18(29)14-10-13(25-26(14)2)15-4-3-9-30-15/h3-4,9-11H,5-8H2,1-2H3. The Morgan fingerprint density at radius 1 is 1.13 bits per heavy atom. The topological polar surface area (TPSA) is 67.2 Å². The number of anilines is 1. The molecule has 4 heterocycles. The van der Waals surface area contributed by atoms with Crippen LogP contribution in [0.4, 0.5) is 19.0 Å². The van der Waals surface area contributed by atoms with Crippen LogP contribution in [-0.4, -0.2) is 56.7 Å². The lowest BCUT2D eigenvalue weighted by Gasteiger charge is -2.35. The predicted molar refractivity (Wildman–Crippen MR) is 106 cm³/mol. The lowest BCUT2D eigenvalue weighted by molar-refractivity contribution is -0.141. The summed E-state index contributed by atoms with van der Waals surface area (Å²) in [4.78, 5) is 25.0. The van der Waals surface area contributed by atoms with Crippen molar-refractivity contribution in [2.45, 2.75) is 13.1 Å². The van der Waals surface area contributed by atoms with Crippen molar-refractivity contribution in [2.24, 2.45) is 7.05 Å². The number of hydrogen-bond donors (Lipinski definition) is 0. The molecule has 0 atom stereocenters. The van der Waals surface area contributed by atoms with Gasteiger partial charge in [0, 0.05) is 39.3 Å². The number of nitrogens with zero attached hydrogens (tertiary/aromatic N) is 6. The van der Waals surface area contributed by atoms with Gasteiger partial charge in [0.2, 0.25) is 0 Å². The number of halogens is 3. The first-order valence-corrected chi connectivity index (χ1v) is 10.2. The number of aryl methyl sites for hydroxylation is 2. The average Bonchev–Trinajstić information content (AvgIpc) is 3.36. The lowest BCUT2D eigenvalue weighted by atomic mass is 10.2. The van der Waals surface area contributed by atoms with Crippen LogP contribution in [0.3, 0.4) is 0 Å². The first kappa shape index (κ1) is 20.3. The Balaban J connectivity index is 1.46. The minimum Gasteiger partial charge on any atom is -0.353 e. The molecule has 0 radical (unpaired) electrons. The molecule has 0 aliphatic carbocycles. The Morgan fingerprint density at radius 2 is 1.87 bits per heavy atom. The molecular formula is C19H19F3N6OS. The SMILES string of the molecule is Cc1nc(N2CCN(C(=O)c3cc(-c4cccs4)nn3C)CC2)cc(C(F)(F)F)n1. The Labute approximate surface area is 174 Å². The molecule has 7 nitrogen and oxygen atoms in total. The first-order valence-electron chi connectivity index (χ1n) is 9.27. The third kappa shape index (κ3) is 4.02. The molecular weight excluding hydrogens is 417 g/mol. The van der Waals surface area contributed by atoms with E-state index >= 15 is 0 Å². The molecule has 0 spiro atoms. The molecule has 3 aromatic heterocycles. The van der Waals surface area contributed by atoms with Crippen LogP contribution in [0.15, 0.2) is 29.6 Å². The number of aromatic nitrogens is 4. The van der Waals surface area contributed by atoms with Crippen LogP contribution in [0, 0.1) is 6.92 Å². The summed E-state index contributed by atoms with van der Waals surface area (Å²) in [6.45, 7) is 2.96. The van der Waals surface area contributed by atoms with Gasteiger partial charge < -0.3 is 9.80 Å². The number of amides is 1. The van der Waals surface area contributed by atoms with Crippen molar-refractivity contribution in [1.82, 2.24) is 24.6 Å². The molecule has 4 rings (SSSR count). The zero-order chi connectivity index (χ0) is 21.5. The minimum atomic E-state index is -4.53. The Kier molecular flexibility index (Phi) is 5.22. The maximum absolute atomic E-state index is 13.0. The average molecular weight is 436 g/mol. The Hall–Kier alpha value is -2.95.